The van der Waals surface area contributed by atoms with E-state index >= 15 is 0 Å². The van der Waals surface area contributed by atoms with Gasteiger partial charge in [0, 0.05) is 11.2 Å². The average molecular weight is 467 g/mol. The molecule has 2 aromatic rings. The molecule has 0 N–H and O–H groups in total. The molecule has 3 rings (SSSR count). The Morgan fingerprint density at radius 1 is 0.968 bits per heavy atom. The van der Waals surface area contributed by atoms with Crippen molar-refractivity contribution in [1.82, 2.24) is 0 Å². The third-order valence-corrected chi connectivity index (χ3v) is 13.5. The Morgan fingerprint density at radius 3 is 2.00 bits per heavy atom. The minimum atomic E-state index is -4.44. The Bertz CT molecular complexity index is 1010. The van der Waals surface area contributed by atoms with Crippen molar-refractivity contribution in [3.05, 3.63) is 71.3 Å². The molecular formula is C23H25F3NO2PS. The quantitative estimate of drug-likeness (QED) is 0.364. The van der Waals surface area contributed by atoms with E-state index in [0.717, 1.165) is 12.1 Å². The highest BCUT2D eigenvalue weighted by atomic mass is 32.4. The van der Waals surface area contributed by atoms with Gasteiger partial charge in [0.15, 0.2) is 6.04 Å². The fourth-order valence-corrected chi connectivity index (χ4v) is 8.47. The lowest BCUT2D eigenvalue weighted by Gasteiger charge is -2.39. The second-order valence-corrected chi connectivity index (χ2v) is 14.2. The van der Waals surface area contributed by atoms with Crippen molar-refractivity contribution in [3.63, 3.8) is 0 Å². The maximum absolute atomic E-state index is 13.1. The summed E-state index contributed by atoms with van der Waals surface area (Å²) in [6.45, 7) is 8.06. The fourth-order valence-electron chi connectivity index (χ4n) is 4.02. The van der Waals surface area contributed by atoms with E-state index in [1.807, 2.05) is 45.9 Å². The molecule has 0 saturated carbocycles. The summed E-state index contributed by atoms with van der Waals surface area (Å²) in [5, 5.41) is 0. The zero-order valence-electron chi connectivity index (χ0n) is 17.8. The van der Waals surface area contributed by atoms with E-state index in [4.69, 9.17) is 16.5 Å². The summed E-state index contributed by atoms with van der Waals surface area (Å²) >= 11 is 6.22. The summed E-state index contributed by atoms with van der Waals surface area (Å²) in [5.41, 5.74) is 0.154. The first-order valence-corrected chi connectivity index (χ1v) is 13.1. The Kier molecular flexibility index (Phi) is 6.78. The molecule has 2 aromatic carbocycles. The molecule has 3 nitrogen and oxygen atoms in total. The van der Waals surface area contributed by atoms with Crippen LogP contribution in [0.5, 0.6) is 0 Å². The molecule has 0 aliphatic carbocycles. The van der Waals surface area contributed by atoms with Crippen molar-refractivity contribution in [2.45, 2.75) is 56.9 Å². The van der Waals surface area contributed by atoms with Crippen LogP contribution in [0.15, 0.2) is 59.6 Å². The summed E-state index contributed by atoms with van der Waals surface area (Å²) in [6.07, 6.45) is -4.44. The number of cyclic esters (lactones) is 1. The van der Waals surface area contributed by atoms with Gasteiger partial charge in [-0.25, -0.2) is 9.79 Å². The van der Waals surface area contributed by atoms with Crippen LogP contribution in [0, 0.1) is 0 Å². The second-order valence-electron chi connectivity index (χ2n) is 8.18. The Labute approximate surface area is 185 Å². The smallest absolute Gasteiger partial charge is 0.406 e. The highest BCUT2D eigenvalue weighted by Gasteiger charge is 2.47. The zero-order valence-corrected chi connectivity index (χ0v) is 19.5. The normalized spacial score (nSPS) is 18.3. The number of carbonyl (C=O) groups is 1. The van der Waals surface area contributed by atoms with E-state index in [-0.39, 0.29) is 17.2 Å². The number of aliphatic imine (C=N–C) groups is 1. The maximum Gasteiger partial charge on any atom is 0.416 e. The predicted molar refractivity (Wildman–Crippen MR) is 122 cm³/mol. The second kappa shape index (κ2) is 8.87. The van der Waals surface area contributed by atoms with Crippen molar-refractivity contribution in [2.75, 3.05) is 0 Å². The highest BCUT2D eigenvalue weighted by Crippen LogP contribution is 2.68. The summed E-state index contributed by atoms with van der Waals surface area (Å²) in [4.78, 5) is 17.5. The van der Waals surface area contributed by atoms with Crippen molar-refractivity contribution in [3.8, 4) is 0 Å². The summed E-state index contributed by atoms with van der Waals surface area (Å²) in [7, 11) is 0. The van der Waals surface area contributed by atoms with Gasteiger partial charge in [0.2, 0.25) is 5.90 Å². The zero-order chi connectivity index (χ0) is 23.0. The lowest BCUT2D eigenvalue weighted by atomic mass is 10.0. The monoisotopic (exact) mass is 467 g/mol. The van der Waals surface area contributed by atoms with Gasteiger partial charge in [-0.15, -0.1) is 0 Å². The molecule has 1 heterocycles. The van der Waals surface area contributed by atoms with Crippen molar-refractivity contribution in [2.24, 2.45) is 4.99 Å². The Balaban J connectivity index is 2.14. The van der Waals surface area contributed by atoms with Gasteiger partial charge in [0.05, 0.1) is 5.56 Å². The van der Waals surface area contributed by atoms with E-state index in [2.05, 4.69) is 4.99 Å². The van der Waals surface area contributed by atoms with Gasteiger partial charge < -0.3 is 4.74 Å². The molecule has 0 bridgehead atoms. The number of halogens is 3. The number of rotatable bonds is 6. The largest absolute Gasteiger partial charge is 0.416 e. The third kappa shape index (κ3) is 4.63. The number of esters is 1. The number of benzene rings is 2. The van der Waals surface area contributed by atoms with Gasteiger partial charge >= 0.3 is 12.1 Å². The molecule has 1 aliphatic rings. The van der Waals surface area contributed by atoms with Gasteiger partial charge in [-0.05, 0) is 47.2 Å². The molecule has 0 aromatic heterocycles. The summed E-state index contributed by atoms with van der Waals surface area (Å²) < 4.78 is 44.8. The molecule has 1 aliphatic heterocycles. The fraction of sp³-hybridized carbons (Fsp3) is 0.391. The van der Waals surface area contributed by atoms with Crippen LogP contribution in [-0.4, -0.2) is 29.2 Å². The Hall–Kier alpha value is -1.98. The molecule has 0 spiro atoms. The van der Waals surface area contributed by atoms with Crippen LogP contribution in [-0.2, 0) is 27.5 Å². The lowest BCUT2D eigenvalue weighted by molar-refractivity contribution is -0.138. The minimum absolute atomic E-state index is 0.0681. The van der Waals surface area contributed by atoms with Crippen LogP contribution in [0.25, 0.3) is 0 Å². The molecular weight excluding hydrogens is 442 g/mol. The van der Waals surface area contributed by atoms with Gasteiger partial charge in [0.25, 0.3) is 0 Å². The number of carbonyl (C=O) groups excluding carboxylic acids is 1. The highest BCUT2D eigenvalue weighted by molar-refractivity contribution is 8.15. The van der Waals surface area contributed by atoms with Gasteiger partial charge in [-0.1, -0.05) is 69.8 Å². The van der Waals surface area contributed by atoms with Crippen LogP contribution in [0.4, 0.5) is 13.2 Å². The third-order valence-electron chi connectivity index (χ3n) is 5.64. The molecule has 8 heteroatoms. The van der Waals surface area contributed by atoms with Crippen LogP contribution in [0.3, 0.4) is 0 Å². The molecule has 2 atom stereocenters. The minimum Gasteiger partial charge on any atom is -0.406 e. The van der Waals surface area contributed by atoms with Crippen molar-refractivity contribution in [1.29, 1.82) is 0 Å². The average Bonchev–Trinajstić information content (AvgIpc) is 3.09. The molecule has 0 saturated heterocycles. The molecule has 0 fully saturated rings. The van der Waals surface area contributed by atoms with Crippen LogP contribution in [0.2, 0.25) is 0 Å². The van der Waals surface area contributed by atoms with E-state index < -0.39 is 35.4 Å². The van der Waals surface area contributed by atoms with Gasteiger partial charge in [-0.2, -0.15) is 13.2 Å². The first kappa shape index (κ1) is 23.7. The summed E-state index contributed by atoms with van der Waals surface area (Å²) in [5.74, 6) is -0.291. The molecule has 166 valence electrons. The SMILES string of the molecule is CC(C)P(=S)(C(C)C)C(c1ccc(C(F)(F)F)cc1)C1N=C(c2ccccc2)OC1=O. The molecule has 2 unspecified atom stereocenters. The van der Waals surface area contributed by atoms with E-state index in [0.29, 0.717) is 11.1 Å². The van der Waals surface area contributed by atoms with Gasteiger partial charge in [0.1, 0.15) is 0 Å². The molecule has 0 radical (unpaired) electrons. The van der Waals surface area contributed by atoms with Crippen LogP contribution < -0.4 is 0 Å². The van der Waals surface area contributed by atoms with E-state index in [1.54, 1.807) is 12.1 Å². The predicted octanol–water partition coefficient (Wildman–Crippen LogP) is 6.42. The van der Waals surface area contributed by atoms with Crippen LogP contribution in [0.1, 0.15) is 50.0 Å². The first-order chi connectivity index (χ1) is 14.5. The standard InChI is InChI=1S/C23H25F3NO2PS/c1-14(2)30(31,15(3)4)20(16-10-12-18(13-11-16)23(24,25)26)19-22(28)29-21(27-19)17-8-6-5-7-9-17/h5-15,19-20H,1-4H3. The summed E-state index contributed by atoms with van der Waals surface area (Å²) in [6, 6.07) is 10.8. The van der Waals surface area contributed by atoms with Crippen LogP contribution >= 0.6 is 6.04 Å². The Morgan fingerprint density at radius 2 is 1.52 bits per heavy atom. The number of hydrogen-bond acceptors (Lipinski definition) is 4. The number of hydrogen-bond donors (Lipinski definition) is 0. The first-order valence-electron chi connectivity index (χ1n) is 10.1. The number of ether oxygens (including phenoxy) is 1. The number of nitrogens with zero attached hydrogens (tertiary/aromatic N) is 1. The molecule has 0 amide bonds. The topological polar surface area (TPSA) is 38.7 Å². The lowest BCUT2D eigenvalue weighted by Crippen LogP contribution is -2.29. The van der Waals surface area contributed by atoms with Crippen molar-refractivity contribution < 1.29 is 22.7 Å². The van der Waals surface area contributed by atoms with E-state index in [9.17, 15) is 18.0 Å². The van der Waals surface area contributed by atoms with Gasteiger partial charge in [-0.3, -0.25) is 0 Å². The maximum atomic E-state index is 13.1. The van der Waals surface area contributed by atoms with Crippen molar-refractivity contribution >= 4 is 29.7 Å². The molecule has 31 heavy (non-hydrogen) atoms. The number of alkyl halides is 3. The van der Waals surface area contributed by atoms with E-state index in [1.165, 1.54) is 12.1 Å².